The van der Waals surface area contributed by atoms with Crippen molar-refractivity contribution in [3.63, 3.8) is 0 Å². The average Bonchev–Trinajstić information content (AvgIpc) is 2.03. The van der Waals surface area contributed by atoms with Gasteiger partial charge in [0.25, 0.3) is 5.69 Å². The molecule has 0 N–H and O–H groups in total. The Bertz CT molecular complexity index is 341. The molecule has 0 saturated heterocycles. The first-order chi connectivity index (χ1) is 6.00. The van der Waals surface area contributed by atoms with Crippen LogP contribution in [0.1, 0.15) is 23.1 Å². The van der Waals surface area contributed by atoms with Crippen molar-refractivity contribution in [1.82, 2.24) is 4.98 Å². The van der Waals surface area contributed by atoms with Crippen molar-refractivity contribution in [3.05, 3.63) is 33.6 Å². The van der Waals surface area contributed by atoms with Gasteiger partial charge in [0.2, 0.25) is 0 Å². The summed E-state index contributed by atoms with van der Waals surface area (Å²) in [5.74, 6) is -0.271. The van der Waals surface area contributed by atoms with E-state index in [2.05, 4.69) is 4.98 Å². The third kappa shape index (κ3) is 2.08. The molecule has 0 spiro atoms. The first-order valence-corrected chi connectivity index (χ1v) is 3.64. The monoisotopic (exact) mass is 180 g/mol. The number of aryl methyl sites for hydroxylation is 1. The number of rotatable bonds is 2. The molecule has 1 aromatic rings. The van der Waals surface area contributed by atoms with E-state index >= 15 is 0 Å². The smallest absolute Gasteiger partial charge is 0.273 e. The van der Waals surface area contributed by atoms with Crippen LogP contribution >= 0.6 is 0 Å². The van der Waals surface area contributed by atoms with Crippen LogP contribution in [0.3, 0.4) is 0 Å². The largest absolute Gasteiger partial charge is 0.293 e. The summed E-state index contributed by atoms with van der Waals surface area (Å²) in [6.45, 7) is 2.94. The maximum atomic E-state index is 10.9. The van der Waals surface area contributed by atoms with Gasteiger partial charge in [-0.2, -0.15) is 0 Å². The Hall–Kier alpha value is -1.78. The zero-order valence-corrected chi connectivity index (χ0v) is 7.27. The van der Waals surface area contributed by atoms with Crippen molar-refractivity contribution < 1.29 is 9.72 Å². The predicted molar refractivity (Wildman–Crippen MR) is 45.6 cm³/mol. The van der Waals surface area contributed by atoms with Crippen LogP contribution < -0.4 is 0 Å². The number of nitrogens with zero attached hydrogens (tertiary/aromatic N) is 2. The molecule has 0 aliphatic heterocycles. The standard InChI is InChI=1S/C8H8N2O3/c1-5-3-7(10(12)13)4-8(9-5)6(2)11/h3-4H,1-2H3. The maximum Gasteiger partial charge on any atom is 0.273 e. The van der Waals surface area contributed by atoms with Crippen LogP contribution in [0.4, 0.5) is 5.69 Å². The summed E-state index contributed by atoms with van der Waals surface area (Å²) in [5.41, 5.74) is 0.504. The van der Waals surface area contributed by atoms with Crippen molar-refractivity contribution >= 4 is 11.5 Å². The molecule has 0 saturated carbocycles. The molecule has 0 atom stereocenters. The number of carbonyl (C=O) groups excluding carboxylic acids is 1. The van der Waals surface area contributed by atoms with E-state index in [-0.39, 0.29) is 17.2 Å². The maximum absolute atomic E-state index is 10.9. The minimum atomic E-state index is -0.541. The Morgan fingerprint density at radius 1 is 1.54 bits per heavy atom. The summed E-state index contributed by atoms with van der Waals surface area (Å²) in [4.78, 5) is 24.6. The molecule has 0 radical (unpaired) electrons. The van der Waals surface area contributed by atoms with Gasteiger partial charge in [-0.3, -0.25) is 14.9 Å². The van der Waals surface area contributed by atoms with Gasteiger partial charge in [-0.25, -0.2) is 4.98 Å². The molecule has 1 rings (SSSR count). The third-order valence-electron chi connectivity index (χ3n) is 1.51. The zero-order chi connectivity index (χ0) is 10.0. The van der Waals surface area contributed by atoms with Gasteiger partial charge in [-0.1, -0.05) is 0 Å². The topological polar surface area (TPSA) is 73.1 Å². The molecular weight excluding hydrogens is 172 g/mol. The van der Waals surface area contributed by atoms with Gasteiger partial charge in [0.05, 0.1) is 4.92 Å². The molecule has 5 heteroatoms. The number of hydrogen-bond acceptors (Lipinski definition) is 4. The van der Waals surface area contributed by atoms with Crippen molar-refractivity contribution in [2.75, 3.05) is 0 Å². The molecule has 0 bridgehead atoms. The van der Waals surface area contributed by atoms with Gasteiger partial charge < -0.3 is 0 Å². The highest BCUT2D eigenvalue weighted by molar-refractivity contribution is 5.92. The fraction of sp³-hybridized carbons (Fsp3) is 0.250. The Kier molecular flexibility index (Phi) is 2.36. The molecular formula is C8H8N2O3. The number of pyridine rings is 1. The van der Waals surface area contributed by atoms with E-state index in [1.807, 2.05) is 0 Å². The van der Waals surface area contributed by atoms with E-state index in [9.17, 15) is 14.9 Å². The van der Waals surface area contributed by atoms with Crippen LogP contribution in [0.25, 0.3) is 0 Å². The second-order valence-electron chi connectivity index (χ2n) is 2.67. The van der Waals surface area contributed by atoms with Crippen molar-refractivity contribution in [2.24, 2.45) is 0 Å². The lowest BCUT2D eigenvalue weighted by Gasteiger charge is -1.97. The highest BCUT2D eigenvalue weighted by Crippen LogP contribution is 2.13. The SMILES string of the molecule is CC(=O)c1cc([N+](=O)[O-])cc(C)n1. The van der Waals surface area contributed by atoms with Crippen molar-refractivity contribution in [2.45, 2.75) is 13.8 Å². The lowest BCUT2D eigenvalue weighted by atomic mass is 10.2. The molecule has 5 nitrogen and oxygen atoms in total. The first kappa shape index (κ1) is 9.31. The quantitative estimate of drug-likeness (QED) is 0.392. The Balaban J connectivity index is 3.26. The molecule has 68 valence electrons. The normalized spacial score (nSPS) is 9.69. The minimum Gasteiger partial charge on any atom is -0.293 e. The summed E-state index contributed by atoms with van der Waals surface area (Å²) in [5, 5.41) is 10.4. The van der Waals surface area contributed by atoms with E-state index in [1.165, 1.54) is 19.1 Å². The number of ketones is 1. The van der Waals surface area contributed by atoms with E-state index < -0.39 is 4.92 Å². The van der Waals surface area contributed by atoms with Crippen LogP contribution in [-0.2, 0) is 0 Å². The highest BCUT2D eigenvalue weighted by atomic mass is 16.6. The average molecular weight is 180 g/mol. The summed E-state index contributed by atoms with van der Waals surface area (Å²) in [6.07, 6.45) is 0. The fourth-order valence-electron chi connectivity index (χ4n) is 0.936. The fourth-order valence-corrected chi connectivity index (χ4v) is 0.936. The van der Waals surface area contributed by atoms with Gasteiger partial charge in [0, 0.05) is 24.8 Å². The molecule has 0 aromatic carbocycles. The summed E-state index contributed by atoms with van der Waals surface area (Å²) >= 11 is 0. The summed E-state index contributed by atoms with van der Waals surface area (Å²) in [6, 6.07) is 2.50. The van der Waals surface area contributed by atoms with Gasteiger partial charge in [0.15, 0.2) is 5.78 Å². The highest BCUT2D eigenvalue weighted by Gasteiger charge is 2.11. The molecule has 13 heavy (non-hydrogen) atoms. The zero-order valence-electron chi connectivity index (χ0n) is 7.27. The lowest BCUT2D eigenvalue weighted by molar-refractivity contribution is -0.385. The van der Waals surface area contributed by atoms with Crippen LogP contribution in [-0.4, -0.2) is 15.7 Å². The molecule has 1 aromatic heterocycles. The van der Waals surface area contributed by atoms with Crippen LogP contribution in [0.15, 0.2) is 12.1 Å². The predicted octanol–water partition coefficient (Wildman–Crippen LogP) is 1.50. The number of carbonyl (C=O) groups is 1. The molecule has 1 heterocycles. The van der Waals surface area contributed by atoms with Gasteiger partial charge in [0.1, 0.15) is 5.69 Å². The van der Waals surface area contributed by atoms with Crippen LogP contribution in [0, 0.1) is 17.0 Å². The second-order valence-corrected chi connectivity index (χ2v) is 2.67. The molecule has 0 aliphatic carbocycles. The van der Waals surface area contributed by atoms with E-state index in [1.54, 1.807) is 6.92 Å². The number of Topliss-reactive ketones (excluding diaryl/α,β-unsaturated/α-hetero) is 1. The van der Waals surface area contributed by atoms with E-state index in [0.29, 0.717) is 5.69 Å². The first-order valence-electron chi connectivity index (χ1n) is 3.64. The number of aromatic nitrogens is 1. The molecule has 0 fully saturated rings. The van der Waals surface area contributed by atoms with Crippen LogP contribution in [0.2, 0.25) is 0 Å². The van der Waals surface area contributed by atoms with Gasteiger partial charge in [-0.15, -0.1) is 0 Å². The second kappa shape index (κ2) is 3.30. The van der Waals surface area contributed by atoms with Gasteiger partial charge in [-0.05, 0) is 6.92 Å². The lowest BCUT2D eigenvalue weighted by Crippen LogP contribution is -2.00. The summed E-state index contributed by atoms with van der Waals surface area (Å²) in [7, 11) is 0. The summed E-state index contributed by atoms with van der Waals surface area (Å²) < 4.78 is 0. The van der Waals surface area contributed by atoms with Crippen molar-refractivity contribution in [1.29, 1.82) is 0 Å². The Morgan fingerprint density at radius 2 is 2.15 bits per heavy atom. The molecule has 0 amide bonds. The third-order valence-corrected chi connectivity index (χ3v) is 1.51. The number of nitro groups is 1. The van der Waals surface area contributed by atoms with Gasteiger partial charge >= 0.3 is 0 Å². The van der Waals surface area contributed by atoms with E-state index in [4.69, 9.17) is 0 Å². The molecule has 0 aliphatic rings. The Morgan fingerprint density at radius 3 is 2.62 bits per heavy atom. The van der Waals surface area contributed by atoms with Crippen molar-refractivity contribution in [3.8, 4) is 0 Å². The van der Waals surface area contributed by atoms with Crippen LogP contribution in [0.5, 0.6) is 0 Å². The number of hydrogen-bond donors (Lipinski definition) is 0. The Labute approximate surface area is 74.6 Å². The van der Waals surface area contributed by atoms with E-state index in [0.717, 1.165) is 0 Å². The minimum absolute atomic E-state index is 0.0994. The molecule has 0 unspecified atom stereocenters.